The molecular formula is C21H24N2O4. The van der Waals surface area contributed by atoms with E-state index < -0.39 is 17.2 Å². The van der Waals surface area contributed by atoms with Crippen molar-refractivity contribution in [2.75, 3.05) is 0 Å². The quantitative estimate of drug-likeness (QED) is 0.560. The highest BCUT2D eigenvalue weighted by atomic mass is 16.6. The van der Waals surface area contributed by atoms with Crippen LogP contribution in [0.25, 0.3) is 0 Å². The van der Waals surface area contributed by atoms with Crippen LogP contribution >= 0.6 is 0 Å². The standard InChI is InChI=1S/C21H24N2O4/c1-20(2,22-15-24)14-21(3,4)23-19(25)27-18-12-10-17(11-13-18)26-16-8-6-5-7-9-16/h5-13H,14H2,1-4H3,(H,23,25). The first kappa shape index (κ1) is 20.2. The number of isocyanates is 1. The second-order valence-corrected chi connectivity index (χ2v) is 7.48. The Kier molecular flexibility index (Phi) is 6.37. The molecule has 0 unspecified atom stereocenters. The lowest BCUT2D eigenvalue weighted by Gasteiger charge is -2.31. The lowest BCUT2D eigenvalue weighted by molar-refractivity contribution is 0.182. The number of ether oxygens (including phenoxy) is 2. The Morgan fingerprint density at radius 3 is 2.11 bits per heavy atom. The van der Waals surface area contributed by atoms with Gasteiger partial charge in [0, 0.05) is 5.54 Å². The summed E-state index contributed by atoms with van der Waals surface area (Å²) in [6.45, 7) is 7.29. The van der Waals surface area contributed by atoms with Crippen molar-refractivity contribution in [1.29, 1.82) is 0 Å². The van der Waals surface area contributed by atoms with Gasteiger partial charge in [-0.25, -0.2) is 9.59 Å². The van der Waals surface area contributed by atoms with E-state index in [0.29, 0.717) is 17.9 Å². The zero-order valence-electron chi connectivity index (χ0n) is 16.0. The number of carbonyl (C=O) groups excluding carboxylic acids is 2. The third kappa shape index (κ3) is 6.96. The second-order valence-electron chi connectivity index (χ2n) is 7.48. The molecule has 2 aromatic carbocycles. The number of benzene rings is 2. The summed E-state index contributed by atoms with van der Waals surface area (Å²) in [4.78, 5) is 26.4. The minimum Gasteiger partial charge on any atom is -0.457 e. The lowest BCUT2D eigenvalue weighted by Crippen LogP contribution is -2.48. The Morgan fingerprint density at radius 1 is 0.963 bits per heavy atom. The molecule has 2 rings (SSSR count). The largest absolute Gasteiger partial charge is 0.457 e. The van der Waals surface area contributed by atoms with E-state index in [1.165, 1.54) is 0 Å². The first-order chi connectivity index (χ1) is 12.7. The van der Waals surface area contributed by atoms with Crippen molar-refractivity contribution < 1.29 is 19.1 Å². The number of rotatable bonds is 7. The number of aliphatic imine (C=N–C) groups is 1. The summed E-state index contributed by atoms with van der Waals surface area (Å²) in [6, 6.07) is 16.2. The molecule has 0 atom stereocenters. The van der Waals surface area contributed by atoms with Crippen molar-refractivity contribution >= 4 is 12.2 Å². The summed E-state index contributed by atoms with van der Waals surface area (Å²) < 4.78 is 11.0. The predicted molar refractivity (Wildman–Crippen MR) is 103 cm³/mol. The van der Waals surface area contributed by atoms with Crippen LogP contribution in [-0.4, -0.2) is 23.3 Å². The van der Waals surface area contributed by atoms with Crippen LogP contribution in [0.4, 0.5) is 4.79 Å². The molecule has 0 heterocycles. The molecule has 1 N–H and O–H groups in total. The third-order valence-electron chi connectivity index (χ3n) is 3.68. The van der Waals surface area contributed by atoms with Gasteiger partial charge in [0.1, 0.15) is 17.2 Å². The topological polar surface area (TPSA) is 77.0 Å². The maximum atomic E-state index is 12.2. The molecule has 0 saturated carbocycles. The van der Waals surface area contributed by atoms with Crippen LogP contribution in [-0.2, 0) is 4.79 Å². The Labute approximate surface area is 159 Å². The van der Waals surface area contributed by atoms with Gasteiger partial charge in [-0.2, -0.15) is 4.99 Å². The molecule has 0 bridgehead atoms. The molecule has 0 aliphatic heterocycles. The van der Waals surface area contributed by atoms with E-state index >= 15 is 0 Å². The van der Waals surface area contributed by atoms with E-state index in [1.807, 2.05) is 44.2 Å². The summed E-state index contributed by atoms with van der Waals surface area (Å²) in [5.74, 6) is 1.77. The van der Waals surface area contributed by atoms with Gasteiger partial charge in [0.25, 0.3) is 0 Å². The predicted octanol–water partition coefficient (Wildman–Crippen LogP) is 4.85. The number of nitrogens with one attached hydrogen (secondary N) is 1. The highest BCUT2D eigenvalue weighted by Crippen LogP contribution is 2.25. The second kappa shape index (κ2) is 8.52. The number of nitrogens with zero attached hydrogens (tertiary/aromatic N) is 1. The van der Waals surface area contributed by atoms with Crippen molar-refractivity contribution in [3.63, 3.8) is 0 Å². The van der Waals surface area contributed by atoms with Gasteiger partial charge in [-0.05, 0) is 70.5 Å². The molecule has 0 aliphatic carbocycles. The van der Waals surface area contributed by atoms with Crippen LogP contribution in [0.1, 0.15) is 34.1 Å². The SMILES string of the molecule is CC(C)(CC(C)(C)NC(=O)Oc1ccc(Oc2ccccc2)cc1)N=C=O. The fraction of sp³-hybridized carbons (Fsp3) is 0.333. The monoisotopic (exact) mass is 368 g/mol. The van der Waals surface area contributed by atoms with Crippen LogP contribution < -0.4 is 14.8 Å². The normalized spacial score (nSPS) is 11.3. The maximum absolute atomic E-state index is 12.2. The zero-order valence-corrected chi connectivity index (χ0v) is 16.0. The third-order valence-corrected chi connectivity index (χ3v) is 3.68. The number of amides is 1. The van der Waals surface area contributed by atoms with Crippen LogP contribution in [0.5, 0.6) is 17.2 Å². The van der Waals surface area contributed by atoms with Gasteiger partial charge in [-0.1, -0.05) is 18.2 Å². The number of hydrogen-bond donors (Lipinski definition) is 1. The summed E-state index contributed by atoms with van der Waals surface area (Å²) >= 11 is 0. The number of carbonyl (C=O) groups is 1. The van der Waals surface area contributed by atoms with Gasteiger partial charge in [0.05, 0.1) is 5.54 Å². The molecule has 142 valence electrons. The van der Waals surface area contributed by atoms with Gasteiger partial charge < -0.3 is 14.8 Å². The molecule has 0 fully saturated rings. The summed E-state index contributed by atoms with van der Waals surface area (Å²) in [5.41, 5.74) is -1.24. The van der Waals surface area contributed by atoms with Gasteiger partial charge in [-0.15, -0.1) is 0 Å². The minimum atomic E-state index is -0.630. The maximum Gasteiger partial charge on any atom is 0.413 e. The molecule has 6 heteroatoms. The number of hydrogen-bond acceptors (Lipinski definition) is 5. The van der Waals surface area contributed by atoms with Crippen LogP contribution in [0.3, 0.4) is 0 Å². The van der Waals surface area contributed by atoms with E-state index in [4.69, 9.17) is 9.47 Å². The summed E-state index contributed by atoms with van der Waals surface area (Å²) in [6.07, 6.45) is 1.44. The van der Waals surface area contributed by atoms with E-state index in [1.54, 1.807) is 44.2 Å². The molecule has 0 saturated heterocycles. The minimum absolute atomic E-state index is 0.397. The Morgan fingerprint density at radius 2 is 1.52 bits per heavy atom. The zero-order chi connectivity index (χ0) is 19.9. The first-order valence-corrected chi connectivity index (χ1v) is 8.61. The van der Waals surface area contributed by atoms with Crippen molar-refractivity contribution in [3.8, 4) is 17.2 Å². The summed E-state index contributed by atoms with van der Waals surface area (Å²) in [5, 5.41) is 2.79. The fourth-order valence-corrected chi connectivity index (χ4v) is 2.90. The molecule has 27 heavy (non-hydrogen) atoms. The van der Waals surface area contributed by atoms with Crippen molar-refractivity contribution in [2.24, 2.45) is 4.99 Å². The first-order valence-electron chi connectivity index (χ1n) is 8.61. The van der Waals surface area contributed by atoms with E-state index in [9.17, 15) is 9.59 Å². The molecule has 0 radical (unpaired) electrons. The highest BCUT2D eigenvalue weighted by Gasteiger charge is 2.30. The van der Waals surface area contributed by atoms with E-state index in [2.05, 4.69) is 10.3 Å². The van der Waals surface area contributed by atoms with Crippen LogP contribution in [0.2, 0.25) is 0 Å². The van der Waals surface area contributed by atoms with Gasteiger partial charge in [0.15, 0.2) is 0 Å². The highest BCUT2D eigenvalue weighted by molar-refractivity contribution is 5.71. The molecule has 1 amide bonds. The average Bonchev–Trinajstić information content (AvgIpc) is 2.55. The average molecular weight is 368 g/mol. The van der Waals surface area contributed by atoms with Crippen LogP contribution in [0, 0.1) is 0 Å². The van der Waals surface area contributed by atoms with E-state index in [-0.39, 0.29) is 0 Å². The summed E-state index contributed by atoms with van der Waals surface area (Å²) in [7, 11) is 0. The fourth-order valence-electron chi connectivity index (χ4n) is 2.90. The Bertz CT molecular complexity index is 808. The molecule has 0 spiro atoms. The van der Waals surface area contributed by atoms with Crippen molar-refractivity contribution in [3.05, 3.63) is 54.6 Å². The van der Waals surface area contributed by atoms with E-state index in [0.717, 1.165) is 5.75 Å². The Balaban J connectivity index is 1.92. The molecule has 6 nitrogen and oxygen atoms in total. The van der Waals surface area contributed by atoms with Crippen LogP contribution in [0.15, 0.2) is 59.6 Å². The van der Waals surface area contributed by atoms with Gasteiger partial charge >= 0.3 is 6.09 Å². The molecule has 0 aromatic heterocycles. The van der Waals surface area contributed by atoms with Gasteiger partial charge in [-0.3, -0.25) is 0 Å². The van der Waals surface area contributed by atoms with Crippen molar-refractivity contribution in [2.45, 2.75) is 45.2 Å². The smallest absolute Gasteiger partial charge is 0.413 e. The van der Waals surface area contributed by atoms with Gasteiger partial charge in [0.2, 0.25) is 6.08 Å². The van der Waals surface area contributed by atoms with Crippen molar-refractivity contribution in [1.82, 2.24) is 5.32 Å². The lowest BCUT2D eigenvalue weighted by atomic mass is 9.87. The number of para-hydroxylation sites is 1. The molecule has 2 aromatic rings. The molecule has 0 aliphatic rings. The molecular weight excluding hydrogens is 344 g/mol. The Hall–Kier alpha value is -3.11.